The first-order valence-electron chi connectivity index (χ1n) is 18.7. The molecule has 0 radical (unpaired) electrons. The lowest BCUT2D eigenvalue weighted by Crippen LogP contribution is -2.15. The Hall–Kier alpha value is -2.94. The van der Waals surface area contributed by atoms with E-state index in [0.29, 0.717) is 35.0 Å². The van der Waals surface area contributed by atoms with Gasteiger partial charge in [0.2, 0.25) is 0 Å². The predicted octanol–water partition coefficient (Wildman–Crippen LogP) is 12.2. The Morgan fingerprint density at radius 1 is 0.478 bits per heavy atom. The molecular formula is C43H58O3. The molecule has 0 amide bonds. The molecule has 3 aromatic carbocycles. The molecule has 0 bridgehead atoms. The minimum atomic E-state index is 0.132. The molecule has 0 aliphatic heterocycles. The van der Waals surface area contributed by atoms with Crippen LogP contribution in [0.1, 0.15) is 189 Å². The first kappa shape index (κ1) is 33.0. The molecule has 3 saturated carbocycles. The normalized spacial score (nSPS) is 19.5. The fourth-order valence-corrected chi connectivity index (χ4v) is 10.1. The van der Waals surface area contributed by atoms with Crippen molar-refractivity contribution in [2.24, 2.45) is 0 Å². The van der Waals surface area contributed by atoms with Crippen LogP contribution in [0.25, 0.3) is 0 Å². The van der Waals surface area contributed by atoms with Gasteiger partial charge in [-0.25, -0.2) is 0 Å². The van der Waals surface area contributed by atoms with E-state index in [1.54, 1.807) is 0 Å². The molecule has 0 aromatic heterocycles. The van der Waals surface area contributed by atoms with E-state index in [-0.39, 0.29) is 11.8 Å². The Morgan fingerprint density at radius 3 is 1.13 bits per heavy atom. The highest BCUT2D eigenvalue weighted by Gasteiger charge is 2.31. The van der Waals surface area contributed by atoms with E-state index in [2.05, 4.69) is 45.9 Å². The second-order valence-electron chi connectivity index (χ2n) is 15.3. The second-order valence-corrected chi connectivity index (χ2v) is 15.3. The Balaban J connectivity index is 1.45. The fraction of sp³-hybridized carbons (Fsp3) is 0.581. The minimum Gasteiger partial charge on any atom is -0.508 e. The molecule has 46 heavy (non-hydrogen) atoms. The van der Waals surface area contributed by atoms with Crippen molar-refractivity contribution in [3.05, 3.63) is 86.5 Å². The van der Waals surface area contributed by atoms with Crippen LogP contribution in [0.4, 0.5) is 0 Å². The number of benzene rings is 3. The lowest BCUT2D eigenvalue weighted by molar-refractivity contribution is 0.411. The van der Waals surface area contributed by atoms with Gasteiger partial charge in [0.05, 0.1) is 0 Å². The second kappa shape index (κ2) is 14.4. The zero-order chi connectivity index (χ0) is 32.4. The molecular weight excluding hydrogens is 564 g/mol. The summed E-state index contributed by atoms with van der Waals surface area (Å²) in [7, 11) is 0. The molecule has 248 valence electrons. The van der Waals surface area contributed by atoms with E-state index in [1.807, 2.05) is 18.2 Å². The van der Waals surface area contributed by atoms with Crippen molar-refractivity contribution in [1.29, 1.82) is 0 Å². The van der Waals surface area contributed by atoms with Crippen molar-refractivity contribution in [2.75, 3.05) is 0 Å². The van der Waals surface area contributed by atoms with Crippen molar-refractivity contribution in [2.45, 2.75) is 160 Å². The zero-order valence-electron chi connectivity index (χ0n) is 29.0. The molecule has 3 aromatic rings. The molecule has 0 spiro atoms. The van der Waals surface area contributed by atoms with E-state index in [0.717, 1.165) is 32.1 Å². The minimum absolute atomic E-state index is 0.132. The molecule has 1 unspecified atom stereocenters. The maximum Gasteiger partial charge on any atom is 0.119 e. The van der Waals surface area contributed by atoms with Crippen LogP contribution < -0.4 is 0 Å². The lowest BCUT2D eigenvalue weighted by Gasteiger charge is -2.32. The highest BCUT2D eigenvalue weighted by molar-refractivity contribution is 5.55. The monoisotopic (exact) mass is 622 g/mol. The summed E-state index contributed by atoms with van der Waals surface area (Å²) in [6.45, 7) is 9.11. The third kappa shape index (κ3) is 6.58. The third-order valence-electron chi connectivity index (χ3n) is 12.5. The fourth-order valence-electron chi connectivity index (χ4n) is 10.1. The van der Waals surface area contributed by atoms with Gasteiger partial charge >= 0.3 is 0 Å². The van der Waals surface area contributed by atoms with Crippen molar-refractivity contribution in [3.63, 3.8) is 0 Å². The Kier molecular flexibility index (Phi) is 10.4. The van der Waals surface area contributed by atoms with Crippen LogP contribution >= 0.6 is 0 Å². The topological polar surface area (TPSA) is 60.7 Å². The summed E-state index contributed by atoms with van der Waals surface area (Å²) < 4.78 is 0. The number of phenols is 3. The van der Waals surface area contributed by atoms with E-state index in [9.17, 15) is 15.3 Å². The Morgan fingerprint density at radius 2 is 0.783 bits per heavy atom. The van der Waals surface area contributed by atoms with Crippen molar-refractivity contribution >= 4 is 0 Å². The largest absolute Gasteiger partial charge is 0.508 e. The molecule has 1 atom stereocenters. The van der Waals surface area contributed by atoms with E-state index < -0.39 is 0 Å². The van der Waals surface area contributed by atoms with Gasteiger partial charge in [0.25, 0.3) is 0 Å². The zero-order valence-corrected chi connectivity index (χ0v) is 29.0. The number of phenolic OH excluding ortho intramolecular Hbond substituents is 3. The van der Waals surface area contributed by atoms with Gasteiger partial charge in [-0.1, -0.05) is 82.9 Å². The van der Waals surface area contributed by atoms with Crippen LogP contribution in [-0.2, 0) is 0 Å². The molecule has 0 saturated heterocycles. The van der Waals surface area contributed by atoms with Crippen molar-refractivity contribution in [3.8, 4) is 17.2 Å². The van der Waals surface area contributed by atoms with E-state index in [4.69, 9.17) is 0 Å². The Bertz CT molecular complexity index is 1430. The quantitative estimate of drug-likeness (QED) is 0.234. The number of hydrogen-bond acceptors (Lipinski definition) is 3. The van der Waals surface area contributed by atoms with Crippen LogP contribution in [0.15, 0.2) is 36.4 Å². The van der Waals surface area contributed by atoms with Gasteiger partial charge in [-0.05, 0) is 141 Å². The van der Waals surface area contributed by atoms with Gasteiger partial charge in [0.15, 0.2) is 0 Å². The standard InChI is InChI=1S/C43H58O3/c1-27(34-20-23-38(44)41(28(34)2)31-14-8-5-9-15-31)26-37(35-21-24-39(45)42(29(35)3)32-16-10-6-11-17-32)36-22-25-40(46)43(30(36)4)33-18-12-7-13-19-33/h20-25,27,31-33,37,44-46H,5-19,26H2,1-4H3. The van der Waals surface area contributed by atoms with Crippen LogP contribution in [0, 0.1) is 20.8 Å². The lowest BCUT2D eigenvalue weighted by atomic mass is 9.72. The van der Waals surface area contributed by atoms with Gasteiger partial charge in [-0.15, -0.1) is 0 Å². The molecule has 0 heterocycles. The maximum atomic E-state index is 11.2. The Labute approximate surface area is 278 Å². The molecule has 3 heteroatoms. The van der Waals surface area contributed by atoms with Gasteiger partial charge < -0.3 is 15.3 Å². The van der Waals surface area contributed by atoms with Gasteiger partial charge in [0, 0.05) is 22.6 Å². The molecule has 3 aliphatic carbocycles. The summed E-state index contributed by atoms with van der Waals surface area (Å²) in [4.78, 5) is 0. The summed E-state index contributed by atoms with van der Waals surface area (Å²) in [6, 6.07) is 12.4. The molecule has 3 fully saturated rings. The SMILES string of the molecule is Cc1c(C(C)CC(c2ccc(O)c(C3CCCCC3)c2C)c2ccc(O)c(C3CCCCC3)c2C)ccc(O)c1C1CCCCC1. The predicted molar refractivity (Wildman–Crippen MR) is 191 cm³/mol. The van der Waals surface area contributed by atoms with Gasteiger partial charge in [-0.3, -0.25) is 0 Å². The summed E-state index contributed by atoms with van der Waals surface area (Å²) in [6.07, 6.45) is 19.2. The van der Waals surface area contributed by atoms with Gasteiger partial charge in [0.1, 0.15) is 17.2 Å². The first-order chi connectivity index (χ1) is 22.3. The highest BCUT2D eigenvalue weighted by atomic mass is 16.3. The third-order valence-corrected chi connectivity index (χ3v) is 12.5. The number of aromatic hydroxyl groups is 3. The van der Waals surface area contributed by atoms with E-state index >= 15 is 0 Å². The summed E-state index contributed by atoms with van der Waals surface area (Å²) in [5, 5.41) is 33.6. The highest BCUT2D eigenvalue weighted by Crippen LogP contribution is 2.49. The van der Waals surface area contributed by atoms with Crippen LogP contribution in [0.2, 0.25) is 0 Å². The van der Waals surface area contributed by atoms with Crippen molar-refractivity contribution < 1.29 is 15.3 Å². The van der Waals surface area contributed by atoms with Crippen LogP contribution in [-0.4, -0.2) is 15.3 Å². The van der Waals surface area contributed by atoms with E-state index in [1.165, 1.54) is 121 Å². The van der Waals surface area contributed by atoms with Crippen LogP contribution in [0.3, 0.4) is 0 Å². The summed E-state index contributed by atoms with van der Waals surface area (Å²) in [5.74, 6) is 3.07. The smallest absolute Gasteiger partial charge is 0.119 e. The molecule has 6 rings (SSSR count). The van der Waals surface area contributed by atoms with Gasteiger partial charge in [-0.2, -0.15) is 0 Å². The summed E-state index contributed by atoms with van der Waals surface area (Å²) in [5.41, 5.74) is 11.3. The maximum absolute atomic E-state index is 11.2. The summed E-state index contributed by atoms with van der Waals surface area (Å²) >= 11 is 0. The number of rotatable bonds is 8. The molecule has 3 N–H and O–H groups in total. The average Bonchev–Trinajstić information content (AvgIpc) is 3.06. The molecule has 3 aliphatic rings. The van der Waals surface area contributed by atoms with Crippen LogP contribution in [0.5, 0.6) is 17.2 Å². The molecule has 3 nitrogen and oxygen atoms in total. The first-order valence-corrected chi connectivity index (χ1v) is 18.7. The number of hydrogen-bond donors (Lipinski definition) is 3. The van der Waals surface area contributed by atoms with Crippen molar-refractivity contribution in [1.82, 2.24) is 0 Å². The average molecular weight is 623 g/mol.